The number of carbonyl (C=O) groups excluding carboxylic acids is 1. The standard InChI is InChI=1S/C24H26N4O3/c1-15-10-16(2)12-19(11-15)31-17(3)24(30)28-9-7-18(14-28)21-13-22(29)27-23(26-21)20-6-4-5-8-25-20/h4-6,8,10-13,17-18H,7,9,14H2,1-3H3,(H,26,27,29)/t17-,18+/m1/s1. The van der Waals surface area contributed by atoms with Gasteiger partial charge >= 0.3 is 0 Å². The Kier molecular flexibility index (Phi) is 5.84. The van der Waals surface area contributed by atoms with Crippen molar-refractivity contribution in [2.24, 2.45) is 0 Å². The van der Waals surface area contributed by atoms with E-state index in [-0.39, 0.29) is 17.4 Å². The van der Waals surface area contributed by atoms with Gasteiger partial charge in [-0.1, -0.05) is 12.1 Å². The molecule has 1 aliphatic heterocycles. The van der Waals surface area contributed by atoms with Crippen LogP contribution in [0.5, 0.6) is 5.75 Å². The Labute approximate surface area is 181 Å². The predicted octanol–water partition coefficient (Wildman–Crippen LogP) is 3.23. The van der Waals surface area contributed by atoms with E-state index >= 15 is 0 Å². The highest BCUT2D eigenvalue weighted by Gasteiger charge is 2.32. The molecule has 1 fully saturated rings. The molecule has 7 nitrogen and oxygen atoms in total. The molecule has 1 N–H and O–H groups in total. The van der Waals surface area contributed by atoms with E-state index in [1.54, 1.807) is 24.1 Å². The molecule has 2 aromatic heterocycles. The van der Waals surface area contributed by atoms with E-state index in [1.165, 1.54) is 6.07 Å². The second-order valence-electron chi connectivity index (χ2n) is 8.09. The number of likely N-dealkylation sites (tertiary alicyclic amines) is 1. The molecule has 160 valence electrons. The number of benzene rings is 1. The van der Waals surface area contributed by atoms with E-state index < -0.39 is 6.10 Å². The van der Waals surface area contributed by atoms with E-state index in [0.29, 0.717) is 36.1 Å². The van der Waals surface area contributed by atoms with Crippen LogP contribution in [-0.2, 0) is 4.79 Å². The minimum absolute atomic E-state index is 0.00197. The zero-order chi connectivity index (χ0) is 22.0. The Morgan fingerprint density at radius 3 is 2.68 bits per heavy atom. The molecule has 0 spiro atoms. The fraction of sp³-hybridized carbons (Fsp3) is 0.333. The first-order chi connectivity index (χ1) is 14.9. The Balaban J connectivity index is 1.46. The van der Waals surface area contributed by atoms with Gasteiger partial charge in [0, 0.05) is 31.3 Å². The number of ether oxygens (including phenoxy) is 1. The molecule has 0 aliphatic carbocycles. The van der Waals surface area contributed by atoms with Crippen LogP contribution < -0.4 is 10.3 Å². The summed E-state index contributed by atoms with van der Waals surface area (Å²) >= 11 is 0. The Morgan fingerprint density at radius 1 is 1.19 bits per heavy atom. The van der Waals surface area contributed by atoms with Crippen molar-refractivity contribution >= 4 is 5.91 Å². The van der Waals surface area contributed by atoms with Crippen LogP contribution in [0.2, 0.25) is 0 Å². The van der Waals surface area contributed by atoms with Crippen molar-refractivity contribution in [2.45, 2.75) is 39.2 Å². The number of hydrogen-bond donors (Lipinski definition) is 1. The number of nitrogens with zero attached hydrogens (tertiary/aromatic N) is 3. The predicted molar refractivity (Wildman–Crippen MR) is 118 cm³/mol. The summed E-state index contributed by atoms with van der Waals surface area (Å²) in [7, 11) is 0. The van der Waals surface area contributed by atoms with Gasteiger partial charge < -0.3 is 14.6 Å². The second kappa shape index (κ2) is 8.71. The van der Waals surface area contributed by atoms with Crippen LogP contribution in [0.1, 0.15) is 36.1 Å². The highest BCUT2D eigenvalue weighted by atomic mass is 16.5. The summed E-state index contributed by atoms with van der Waals surface area (Å²) in [5.74, 6) is 1.09. The lowest BCUT2D eigenvalue weighted by atomic mass is 10.0. The number of H-pyrrole nitrogens is 1. The van der Waals surface area contributed by atoms with E-state index in [0.717, 1.165) is 17.5 Å². The van der Waals surface area contributed by atoms with Crippen LogP contribution in [-0.4, -0.2) is 45.0 Å². The number of amides is 1. The first-order valence-corrected chi connectivity index (χ1v) is 10.5. The third-order valence-electron chi connectivity index (χ3n) is 5.44. The molecule has 0 saturated carbocycles. The van der Waals surface area contributed by atoms with Crippen molar-refractivity contribution in [1.82, 2.24) is 19.9 Å². The molecule has 1 aliphatic rings. The minimum Gasteiger partial charge on any atom is -0.481 e. The minimum atomic E-state index is -0.587. The van der Waals surface area contributed by atoms with Crippen LogP contribution in [0, 0.1) is 13.8 Å². The van der Waals surface area contributed by atoms with Gasteiger partial charge in [-0.2, -0.15) is 0 Å². The van der Waals surface area contributed by atoms with Crippen LogP contribution in [0.15, 0.2) is 53.5 Å². The highest BCUT2D eigenvalue weighted by Crippen LogP contribution is 2.27. The summed E-state index contributed by atoms with van der Waals surface area (Å²) in [5, 5.41) is 0. The molecule has 4 rings (SSSR count). The molecule has 1 amide bonds. The lowest BCUT2D eigenvalue weighted by Gasteiger charge is -2.22. The molecule has 31 heavy (non-hydrogen) atoms. The number of rotatable bonds is 5. The van der Waals surface area contributed by atoms with E-state index in [4.69, 9.17) is 4.74 Å². The first-order valence-electron chi connectivity index (χ1n) is 10.5. The van der Waals surface area contributed by atoms with Crippen molar-refractivity contribution < 1.29 is 9.53 Å². The van der Waals surface area contributed by atoms with Gasteiger partial charge in [0.15, 0.2) is 11.9 Å². The summed E-state index contributed by atoms with van der Waals surface area (Å²) in [6, 6.07) is 12.9. The van der Waals surface area contributed by atoms with Crippen molar-refractivity contribution in [1.29, 1.82) is 0 Å². The number of carbonyl (C=O) groups is 1. The fourth-order valence-corrected chi connectivity index (χ4v) is 4.02. The largest absolute Gasteiger partial charge is 0.481 e. The van der Waals surface area contributed by atoms with Crippen LogP contribution in [0.4, 0.5) is 0 Å². The number of aromatic nitrogens is 3. The zero-order valence-electron chi connectivity index (χ0n) is 18.0. The van der Waals surface area contributed by atoms with E-state index in [1.807, 2.05) is 38.1 Å². The van der Waals surface area contributed by atoms with Crippen LogP contribution >= 0.6 is 0 Å². The molecular weight excluding hydrogens is 392 g/mol. The molecule has 3 heterocycles. The maximum Gasteiger partial charge on any atom is 0.263 e. The average Bonchev–Trinajstić information content (AvgIpc) is 3.23. The lowest BCUT2D eigenvalue weighted by Crippen LogP contribution is -2.39. The molecule has 0 unspecified atom stereocenters. The average molecular weight is 418 g/mol. The third kappa shape index (κ3) is 4.82. The fourth-order valence-electron chi connectivity index (χ4n) is 4.02. The molecule has 0 radical (unpaired) electrons. The Bertz CT molecular complexity index is 1120. The van der Waals surface area contributed by atoms with E-state index in [2.05, 4.69) is 21.0 Å². The summed E-state index contributed by atoms with van der Waals surface area (Å²) < 4.78 is 5.92. The highest BCUT2D eigenvalue weighted by molar-refractivity contribution is 5.81. The quantitative estimate of drug-likeness (QED) is 0.687. The summed E-state index contributed by atoms with van der Waals surface area (Å²) in [5.41, 5.74) is 3.27. The number of pyridine rings is 1. The van der Waals surface area contributed by atoms with Crippen molar-refractivity contribution in [3.8, 4) is 17.3 Å². The molecule has 0 bridgehead atoms. The smallest absolute Gasteiger partial charge is 0.263 e. The molecule has 1 saturated heterocycles. The van der Waals surface area contributed by atoms with Crippen LogP contribution in [0.3, 0.4) is 0 Å². The summed E-state index contributed by atoms with van der Waals surface area (Å²) in [6.45, 7) is 6.91. The zero-order valence-corrected chi connectivity index (χ0v) is 18.0. The van der Waals surface area contributed by atoms with Gasteiger partial charge in [0.1, 0.15) is 11.4 Å². The first kappa shape index (κ1) is 20.8. The van der Waals surface area contributed by atoms with Gasteiger partial charge in [-0.3, -0.25) is 14.6 Å². The van der Waals surface area contributed by atoms with E-state index in [9.17, 15) is 9.59 Å². The molecule has 1 aromatic carbocycles. The lowest BCUT2D eigenvalue weighted by molar-refractivity contribution is -0.136. The van der Waals surface area contributed by atoms with Crippen LogP contribution in [0.25, 0.3) is 11.5 Å². The maximum atomic E-state index is 13.0. The third-order valence-corrected chi connectivity index (χ3v) is 5.44. The maximum absolute atomic E-state index is 13.0. The number of nitrogens with one attached hydrogen (secondary N) is 1. The molecule has 3 aromatic rings. The van der Waals surface area contributed by atoms with Gasteiger partial charge in [0.25, 0.3) is 11.5 Å². The Morgan fingerprint density at radius 2 is 1.97 bits per heavy atom. The monoisotopic (exact) mass is 418 g/mol. The van der Waals surface area contributed by atoms with Gasteiger partial charge in [-0.15, -0.1) is 0 Å². The summed E-state index contributed by atoms with van der Waals surface area (Å²) in [4.78, 5) is 38.6. The molecular formula is C24H26N4O3. The van der Waals surface area contributed by atoms with Crippen molar-refractivity contribution in [2.75, 3.05) is 13.1 Å². The normalized spacial score (nSPS) is 16.9. The number of hydrogen-bond acceptors (Lipinski definition) is 5. The topological polar surface area (TPSA) is 88.2 Å². The van der Waals surface area contributed by atoms with Crippen molar-refractivity contribution in [3.63, 3.8) is 0 Å². The summed E-state index contributed by atoms with van der Waals surface area (Å²) in [6.07, 6.45) is 1.83. The van der Waals surface area contributed by atoms with Gasteiger partial charge in [0.05, 0.1) is 5.69 Å². The SMILES string of the molecule is Cc1cc(C)cc(O[C@H](C)C(=O)N2CC[C@H](c3cc(=O)[nH]c(-c4ccccn4)n3)C2)c1. The molecule has 7 heteroatoms. The van der Waals surface area contributed by atoms with Crippen molar-refractivity contribution in [3.05, 3.63) is 75.8 Å². The Hall–Kier alpha value is -3.48. The second-order valence-corrected chi connectivity index (χ2v) is 8.09. The number of aromatic amines is 1. The molecule has 2 atom stereocenters. The van der Waals surface area contributed by atoms with Gasteiger partial charge in [0.2, 0.25) is 0 Å². The van der Waals surface area contributed by atoms with Gasteiger partial charge in [-0.25, -0.2) is 4.98 Å². The van der Waals surface area contributed by atoms with Gasteiger partial charge in [-0.05, 0) is 62.6 Å². The number of aryl methyl sites for hydroxylation is 2.